The Morgan fingerprint density at radius 1 is 1.15 bits per heavy atom. The van der Waals surface area contributed by atoms with Crippen molar-refractivity contribution in [3.63, 3.8) is 0 Å². The van der Waals surface area contributed by atoms with E-state index in [4.69, 9.17) is 5.73 Å². The molecule has 0 aliphatic heterocycles. The Hall–Kier alpha value is -1.51. The minimum absolute atomic E-state index is 0.231. The zero-order valence-corrected chi connectivity index (χ0v) is 11.8. The molecule has 0 radical (unpaired) electrons. The highest BCUT2D eigenvalue weighted by molar-refractivity contribution is 5.91. The number of nitrogen functional groups attached to an aromatic ring is 1. The molecule has 0 spiro atoms. The van der Waals surface area contributed by atoms with Crippen LogP contribution in [0, 0.1) is 11.3 Å². The van der Waals surface area contributed by atoms with Gasteiger partial charge in [0.05, 0.1) is 5.41 Å². The van der Waals surface area contributed by atoms with Crippen molar-refractivity contribution in [2.24, 2.45) is 11.3 Å². The molecule has 1 aromatic rings. The molecule has 3 nitrogen and oxygen atoms in total. The molecule has 3 N–H and O–H groups in total. The normalized spacial score (nSPS) is 25.0. The molecule has 0 heterocycles. The predicted octanol–water partition coefficient (Wildman–Crippen LogP) is 2.61. The number of benzene rings is 1. The molecule has 3 saturated carbocycles. The lowest BCUT2D eigenvalue weighted by molar-refractivity contribution is -0.123. The number of carbonyl (C=O) groups excluding carboxylic acids is 1. The lowest BCUT2D eigenvalue weighted by Crippen LogP contribution is -2.38. The minimum Gasteiger partial charge on any atom is -0.399 e. The van der Waals surface area contributed by atoms with Gasteiger partial charge in [-0.3, -0.25) is 4.79 Å². The zero-order valence-electron chi connectivity index (χ0n) is 11.8. The second-order valence-corrected chi connectivity index (χ2v) is 7.02. The molecule has 0 bridgehead atoms. The highest BCUT2D eigenvalue weighted by atomic mass is 16.2. The maximum absolute atomic E-state index is 12.6. The summed E-state index contributed by atoms with van der Waals surface area (Å²) in [5.74, 6) is 1.13. The third-order valence-corrected chi connectivity index (χ3v) is 5.58. The van der Waals surface area contributed by atoms with E-state index in [9.17, 15) is 4.79 Å². The SMILES string of the molecule is Nc1ccc(C2(C(=O)NCC3(C4CC4)CC3)CC2)cc1. The van der Waals surface area contributed by atoms with E-state index in [1.54, 1.807) is 0 Å². The summed E-state index contributed by atoms with van der Waals surface area (Å²) in [6, 6.07) is 7.82. The van der Waals surface area contributed by atoms with Crippen LogP contribution in [0.15, 0.2) is 24.3 Å². The molecule has 4 rings (SSSR count). The maximum Gasteiger partial charge on any atom is 0.230 e. The van der Waals surface area contributed by atoms with Gasteiger partial charge in [-0.15, -0.1) is 0 Å². The summed E-state index contributed by atoms with van der Waals surface area (Å²) in [7, 11) is 0. The minimum atomic E-state index is -0.257. The van der Waals surface area contributed by atoms with Gasteiger partial charge in [0, 0.05) is 12.2 Å². The van der Waals surface area contributed by atoms with E-state index in [1.807, 2.05) is 24.3 Å². The van der Waals surface area contributed by atoms with Gasteiger partial charge in [0.15, 0.2) is 0 Å². The van der Waals surface area contributed by atoms with Crippen LogP contribution in [0.1, 0.15) is 44.1 Å². The van der Waals surface area contributed by atoms with Crippen LogP contribution in [-0.4, -0.2) is 12.5 Å². The highest BCUT2D eigenvalue weighted by Crippen LogP contribution is 2.61. The topological polar surface area (TPSA) is 55.1 Å². The lowest BCUT2D eigenvalue weighted by Gasteiger charge is -2.20. The third kappa shape index (κ3) is 1.91. The first-order valence-electron chi connectivity index (χ1n) is 7.79. The molecule has 1 amide bonds. The molecule has 106 valence electrons. The van der Waals surface area contributed by atoms with Gasteiger partial charge in [0.25, 0.3) is 0 Å². The molecule has 3 aliphatic carbocycles. The van der Waals surface area contributed by atoms with Crippen molar-refractivity contribution in [3.05, 3.63) is 29.8 Å². The first kappa shape index (κ1) is 12.2. The van der Waals surface area contributed by atoms with Gasteiger partial charge in [-0.05, 0) is 67.6 Å². The standard InChI is InChI=1S/C17H22N2O/c18-14-5-3-13(4-6-14)17(9-10-17)15(20)19-11-16(7-8-16)12-1-2-12/h3-6,12H,1-2,7-11,18H2,(H,19,20). The Balaban J connectivity index is 1.44. The van der Waals surface area contributed by atoms with E-state index < -0.39 is 0 Å². The van der Waals surface area contributed by atoms with Crippen molar-refractivity contribution < 1.29 is 4.79 Å². The lowest BCUT2D eigenvalue weighted by atomic mass is 9.93. The van der Waals surface area contributed by atoms with Gasteiger partial charge in [-0.25, -0.2) is 0 Å². The van der Waals surface area contributed by atoms with Gasteiger partial charge in [-0.1, -0.05) is 12.1 Å². The van der Waals surface area contributed by atoms with Gasteiger partial charge in [-0.2, -0.15) is 0 Å². The third-order valence-electron chi connectivity index (χ3n) is 5.58. The summed E-state index contributed by atoms with van der Waals surface area (Å²) in [6.45, 7) is 0.896. The Labute approximate surface area is 119 Å². The number of nitrogens with one attached hydrogen (secondary N) is 1. The highest BCUT2D eigenvalue weighted by Gasteiger charge is 2.55. The molecule has 3 heteroatoms. The van der Waals surface area contributed by atoms with Crippen LogP contribution in [0.3, 0.4) is 0 Å². The Morgan fingerprint density at radius 2 is 1.80 bits per heavy atom. The van der Waals surface area contributed by atoms with Crippen molar-refractivity contribution >= 4 is 11.6 Å². The molecule has 1 aromatic carbocycles. The van der Waals surface area contributed by atoms with E-state index in [1.165, 1.54) is 25.7 Å². The van der Waals surface area contributed by atoms with Crippen molar-refractivity contribution in [3.8, 4) is 0 Å². The van der Waals surface area contributed by atoms with Gasteiger partial charge in [0.2, 0.25) is 5.91 Å². The van der Waals surface area contributed by atoms with Crippen LogP contribution >= 0.6 is 0 Å². The molecular weight excluding hydrogens is 248 g/mol. The van der Waals surface area contributed by atoms with Gasteiger partial charge in [0.1, 0.15) is 0 Å². The Morgan fingerprint density at radius 3 is 2.30 bits per heavy atom. The van der Waals surface area contributed by atoms with Crippen LogP contribution in [-0.2, 0) is 10.2 Å². The first-order chi connectivity index (χ1) is 9.65. The molecule has 3 aliphatic rings. The second kappa shape index (κ2) is 4.00. The number of carbonyl (C=O) groups is 1. The van der Waals surface area contributed by atoms with Crippen molar-refractivity contribution in [2.75, 3.05) is 12.3 Å². The predicted molar refractivity (Wildman–Crippen MR) is 79.2 cm³/mol. The fourth-order valence-electron chi connectivity index (χ4n) is 3.59. The van der Waals surface area contributed by atoms with Crippen molar-refractivity contribution in [2.45, 2.75) is 43.9 Å². The smallest absolute Gasteiger partial charge is 0.230 e. The van der Waals surface area contributed by atoms with Crippen LogP contribution < -0.4 is 11.1 Å². The first-order valence-corrected chi connectivity index (χ1v) is 7.79. The van der Waals surface area contributed by atoms with Crippen LogP contribution in [0.2, 0.25) is 0 Å². The fraction of sp³-hybridized carbons (Fsp3) is 0.588. The summed E-state index contributed by atoms with van der Waals surface area (Å²) in [4.78, 5) is 12.6. The van der Waals surface area contributed by atoms with Crippen molar-refractivity contribution in [1.29, 1.82) is 0 Å². The summed E-state index contributed by atoms with van der Waals surface area (Å²) < 4.78 is 0. The van der Waals surface area contributed by atoms with Crippen LogP contribution in [0.4, 0.5) is 5.69 Å². The van der Waals surface area contributed by atoms with Gasteiger partial charge < -0.3 is 11.1 Å². The monoisotopic (exact) mass is 270 g/mol. The molecule has 0 aromatic heterocycles. The Kier molecular flexibility index (Phi) is 2.45. The zero-order chi connectivity index (χ0) is 13.8. The molecule has 3 fully saturated rings. The number of anilines is 1. The summed E-state index contributed by atoms with van der Waals surface area (Å²) in [6.07, 6.45) is 7.32. The van der Waals surface area contributed by atoms with E-state index in [-0.39, 0.29) is 11.3 Å². The van der Waals surface area contributed by atoms with Crippen molar-refractivity contribution in [1.82, 2.24) is 5.32 Å². The molecular formula is C17H22N2O. The van der Waals surface area contributed by atoms with Crippen LogP contribution in [0.25, 0.3) is 0 Å². The second-order valence-electron chi connectivity index (χ2n) is 7.02. The summed E-state index contributed by atoms with van der Waals surface area (Å²) in [5.41, 5.74) is 7.84. The average molecular weight is 270 g/mol. The summed E-state index contributed by atoms with van der Waals surface area (Å²) >= 11 is 0. The number of hydrogen-bond acceptors (Lipinski definition) is 2. The molecule has 0 saturated heterocycles. The quantitative estimate of drug-likeness (QED) is 0.808. The molecule has 0 unspecified atom stereocenters. The Bertz CT molecular complexity index is 537. The average Bonchev–Trinajstić information content (AvgIpc) is 3.29. The largest absolute Gasteiger partial charge is 0.399 e. The van der Waals surface area contributed by atoms with E-state index in [0.717, 1.165) is 36.6 Å². The van der Waals surface area contributed by atoms with E-state index >= 15 is 0 Å². The number of amides is 1. The fourth-order valence-corrected chi connectivity index (χ4v) is 3.59. The number of nitrogens with two attached hydrogens (primary N) is 1. The van der Waals surface area contributed by atoms with E-state index in [0.29, 0.717) is 5.41 Å². The number of hydrogen-bond donors (Lipinski definition) is 2. The molecule has 0 atom stereocenters. The molecule has 20 heavy (non-hydrogen) atoms. The van der Waals surface area contributed by atoms with Gasteiger partial charge >= 0.3 is 0 Å². The number of rotatable bonds is 5. The van der Waals surface area contributed by atoms with Crippen LogP contribution in [0.5, 0.6) is 0 Å². The summed E-state index contributed by atoms with van der Waals surface area (Å²) in [5, 5.41) is 3.25. The maximum atomic E-state index is 12.6. The van der Waals surface area contributed by atoms with E-state index in [2.05, 4.69) is 5.32 Å².